The first-order chi connectivity index (χ1) is 13.8. The monoisotopic (exact) mass is 428 g/mol. The van der Waals surface area contributed by atoms with Crippen LogP contribution in [0.1, 0.15) is 44.9 Å². The van der Waals surface area contributed by atoms with E-state index in [1.165, 1.54) is 11.1 Å². The maximum Gasteiger partial charge on any atom is 0.303 e. The summed E-state index contributed by atoms with van der Waals surface area (Å²) in [6, 6.07) is 3.41. The van der Waals surface area contributed by atoms with Gasteiger partial charge in [0.1, 0.15) is 23.5 Å². The summed E-state index contributed by atoms with van der Waals surface area (Å²) in [5.41, 5.74) is 0. The van der Waals surface area contributed by atoms with Crippen LogP contribution in [0.15, 0.2) is 24.5 Å². The molecule has 0 aliphatic carbocycles. The normalized spacial score (nSPS) is 19.3. The number of aliphatic hydroxyl groups excluding tert-OH is 1. The van der Waals surface area contributed by atoms with Crippen molar-refractivity contribution in [3.05, 3.63) is 24.5 Å². The fourth-order valence-electron chi connectivity index (χ4n) is 3.26. The van der Waals surface area contributed by atoms with Gasteiger partial charge in [-0.1, -0.05) is 12.8 Å². The average molecular weight is 429 g/mol. The van der Waals surface area contributed by atoms with Gasteiger partial charge in [-0.25, -0.2) is 8.42 Å². The minimum absolute atomic E-state index is 0.00991. The van der Waals surface area contributed by atoms with Crippen molar-refractivity contribution in [3.63, 3.8) is 0 Å². The number of rotatable bonds is 13. The number of sulfone groups is 1. The van der Waals surface area contributed by atoms with Crippen molar-refractivity contribution in [1.29, 1.82) is 0 Å². The van der Waals surface area contributed by atoms with E-state index in [0.29, 0.717) is 25.1 Å². The van der Waals surface area contributed by atoms with Crippen LogP contribution >= 0.6 is 0 Å². The van der Waals surface area contributed by atoms with Gasteiger partial charge in [0.15, 0.2) is 9.84 Å². The largest absolute Gasteiger partial charge is 0.489 e. The first kappa shape index (κ1) is 23.1. The molecule has 1 aliphatic heterocycles. The second-order valence-electron chi connectivity index (χ2n) is 7.14. The first-order valence-corrected chi connectivity index (χ1v) is 11.4. The summed E-state index contributed by atoms with van der Waals surface area (Å²) >= 11 is 0. The highest BCUT2D eigenvalue weighted by atomic mass is 32.2. The molecule has 0 radical (unpaired) electrons. The van der Waals surface area contributed by atoms with E-state index < -0.39 is 38.9 Å². The highest BCUT2D eigenvalue weighted by molar-refractivity contribution is 7.93. The van der Waals surface area contributed by atoms with Crippen molar-refractivity contribution in [2.45, 2.75) is 56.4 Å². The molecule has 2 N–H and O–H groups in total. The molecule has 1 aromatic heterocycles. The van der Waals surface area contributed by atoms with Crippen molar-refractivity contribution in [3.8, 4) is 5.75 Å². The smallest absolute Gasteiger partial charge is 0.303 e. The van der Waals surface area contributed by atoms with Crippen LogP contribution in [-0.2, 0) is 19.4 Å². The summed E-state index contributed by atoms with van der Waals surface area (Å²) in [4.78, 5) is 27.9. The number of carboxylic acids is 1. The molecule has 0 saturated carbocycles. The van der Waals surface area contributed by atoms with Gasteiger partial charge in [-0.15, -0.1) is 0 Å². The zero-order chi connectivity index (χ0) is 21.3. The molecule has 1 aliphatic rings. The number of aliphatic carboxylic acids is 1. The Morgan fingerprint density at radius 1 is 1.31 bits per heavy atom. The highest BCUT2D eigenvalue weighted by Crippen LogP contribution is 2.24. The second-order valence-corrected chi connectivity index (χ2v) is 9.30. The molecule has 0 aromatic carbocycles. The molecule has 2 unspecified atom stereocenters. The van der Waals surface area contributed by atoms with Gasteiger partial charge in [0.2, 0.25) is 5.91 Å². The van der Waals surface area contributed by atoms with E-state index in [9.17, 15) is 23.1 Å². The summed E-state index contributed by atoms with van der Waals surface area (Å²) < 4.78 is 30.1. The summed E-state index contributed by atoms with van der Waals surface area (Å²) in [6.07, 6.45) is 5.33. The molecule has 10 heteroatoms. The lowest BCUT2D eigenvalue weighted by Crippen LogP contribution is -2.37. The van der Waals surface area contributed by atoms with E-state index in [-0.39, 0.29) is 25.9 Å². The van der Waals surface area contributed by atoms with Gasteiger partial charge in [0.05, 0.1) is 12.3 Å². The van der Waals surface area contributed by atoms with Crippen molar-refractivity contribution in [1.82, 2.24) is 9.88 Å². The zero-order valence-electron chi connectivity index (χ0n) is 16.3. The van der Waals surface area contributed by atoms with Crippen molar-refractivity contribution >= 4 is 21.7 Å². The predicted molar refractivity (Wildman–Crippen MR) is 105 cm³/mol. The van der Waals surface area contributed by atoms with Crippen LogP contribution in [0.25, 0.3) is 0 Å². The van der Waals surface area contributed by atoms with E-state index in [2.05, 4.69) is 4.98 Å². The number of carbonyl (C=O) groups excluding carboxylic acids is 1. The number of carboxylic acid groups (broad SMARTS) is 1. The molecule has 9 nitrogen and oxygen atoms in total. The Balaban J connectivity index is 1.78. The molecular weight excluding hydrogens is 400 g/mol. The number of carbonyl (C=O) groups is 2. The Bertz CT molecular complexity index is 770. The molecule has 1 aromatic rings. The van der Waals surface area contributed by atoms with Gasteiger partial charge >= 0.3 is 5.97 Å². The van der Waals surface area contributed by atoms with Crippen LogP contribution in [0.5, 0.6) is 5.75 Å². The number of unbranched alkanes of at least 4 members (excludes halogenated alkanes) is 3. The third kappa shape index (κ3) is 7.62. The molecule has 1 saturated heterocycles. The Kier molecular flexibility index (Phi) is 8.84. The number of nitrogens with zero attached hydrogens (tertiary/aromatic N) is 2. The Morgan fingerprint density at radius 2 is 2.07 bits per heavy atom. The Hall–Kier alpha value is -2.20. The van der Waals surface area contributed by atoms with Gasteiger partial charge in [-0.05, 0) is 37.8 Å². The number of amides is 1. The predicted octanol–water partition coefficient (Wildman–Crippen LogP) is 1.22. The van der Waals surface area contributed by atoms with Crippen LogP contribution in [-0.4, -0.2) is 70.8 Å². The third-order valence-corrected chi connectivity index (χ3v) is 6.74. The number of hydrogen-bond donors (Lipinski definition) is 2. The minimum Gasteiger partial charge on any atom is -0.489 e. The van der Waals surface area contributed by atoms with E-state index in [1.807, 2.05) is 0 Å². The Labute approximate surface area is 170 Å². The van der Waals surface area contributed by atoms with Gasteiger partial charge < -0.3 is 19.8 Å². The SMILES string of the molecule is O=C(O)CCCCCCN1C(=O)CS(=O)(=O)C1CCC(O)COc1cccnc1. The maximum atomic E-state index is 12.3. The number of aliphatic hydroxyl groups is 1. The van der Waals surface area contributed by atoms with Crippen LogP contribution in [0.2, 0.25) is 0 Å². The molecule has 0 spiro atoms. The fraction of sp³-hybridized carbons (Fsp3) is 0.632. The quantitative estimate of drug-likeness (QED) is 0.448. The molecule has 29 heavy (non-hydrogen) atoms. The van der Waals surface area contributed by atoms with E-state index in [4.69, 9.17) is 9.84 Å². The minimum atomic E-state index is -3.57. The molecular formula is C19H28N2O7S. The zero-order valence-corrected chi connectivity index (χ0v) is 17.1. The average Bonchev–Trinajstić information content (AvgIpc) is 2.89. The number of pyridine rings is 1. The fourth-order valence-corrected chi connectivity index (χ4v) is 5.07. The first-order valence-electron chi connectivity index (χ1n) is 9.73. The lowest BCUT2D eigenvalue weighted by molar-refractivity contribution is -0.137. The summed E-state index contributed by atoms with van der Waals surface area (Å²) in [6.45, 7) is 0.327. The lowest BCUT2D eigenvalue weighted by Gasteiger charge is -2.24. The van der Waals surface area contributed by atoms with Gasteiger partial charge in [-0.2, -0.15) is 0 Å². The summed E-state index contributed by atoms with van der Waals surface area (Å²) in [5, 5.41) is 17.8. The van der Waals surface area contributed by atoms with E-state index in [1.54, 1.807) is 18.3 Å². The molecule has 2 heterocycles. The van der Waals surface area contributed by atoms with Crippen molar-refractivity contribution < 1.29 is 33.0 Å². The van der Waals surface area contributed by atoms with Gasteiger partial charge in [0.25, 0.3) is 0 Å². The maximum absolute atomic E-state index is 12.3. The van der Waals surface area contributed by atoms with Crippen LogP contribution in [0.3, 0.4) is 0 Å². The van der Waals surface area contributed by atoms with Crippen LogP contribution < -0.4 is 4.74 Å². The molecule has 162 valence electrons. The number of ether oxygens (including phenoxy) is 1. The van der Waals surface area contributed by atoms with Crippen molar-refractivity contribution in [2.24, 2.45) is 0 Å². The molecule has 2 rings (SSSR count). The third-order valence-electron chi connectivity index (χ3n) is 4.77. The topological polar surface area (TPSA) is 134 Å². The summed E-state index contributed by atoms with van der Waals surface area (Å²) in [7, 11) is -3.57. The van der Waals surface area contributed by atoms with Crippen LogP contribution in [0, 0.1) is 0 Å². The molecule has 1 fully saturated rings. The standard InChI is InChI=1S/C19H28N2O7S/c22-15(13-28-16-6-5-10-20-12-16)8-9-18-21(17(23)14-29(18,26)27)11-4-2-1-3-7-19(24)25/h5-6,10,12,15,18,22H,1-4,7-9,11,13-14H2,(H,24,25). The second kappa shape index (κ2) is 11.1. The van der Waals surface area contributed by atoms with Gasteiger partial charge in [-0.3, -0.25) is 14.6 Å². The molecule has 2 atom stereocenters. The number of hydrogen-bond acceptors (Lipinski definition) is 7. The summed E-state index contributed by atoms with van der Waals surface area (Å²) in [5.74, 6) is -1.24. The highest BCUT2D eigenvalue weighted by Gasteiger charge is 2.43. The number of aromatic nitrogens is 1. The van der Waals surface area contributed by atoms with E-state index in [0.717, 1.165) is 12.8 Å². The lowest BCUT2D eigenvalue weighted by atomic mass is 10.1. The van der Waals surface area contributed by atoms with Crippen LogP contribution in [0.4, 0.5) is 0 Å². The van der Waals surface area contributed by atoms with Crippen molar-refractivity contribution in [2.75, 3.05) is 18.9 Å². The molecule has 1 amide bonds. The van der Waals surface area contributed by atoms with Gasteiger partial charge in [0, 0.05) is 19.2 Å². The van der Waals surface area contributed by atoms with E-state index >= 15 is 0 Å². The molecule has 0 bridgehead atoms. The Morgan fingerprint density at radius 3 is 2.76 bits per heavy atom.